The number of H-pyrrole nitrogens is 1. The van der Waals surface area contributed by atoms with Gasteiger partial charge in [-0.05, 0) is 28.8 Å². The number of carboxylic acid groups (broad SMARTS) is 1. The van der Waals surface area contributed by atoms with Crippen LogP contribution in [0.3, 0.4) is 0 Å². The minimum absolute atomic E-state index is 0.0577. The molecular formula is C23H23N7O3. The van der Waals surface area contributed by atoms with Crippen LogP contribution < -0.4 is 4.90 Å². The zero-order valence-corrected chi connectivity index (χ0v) is 18.3. The first kappa shape index (κ1) is 22.0. The van der Waals surface area contributed by atoms with Gasteiger partial charge in [0, 0.05) is 32.0 Å². The van der Waals surface area contributed by atoms with Gasteiger partial charge < -0.3 is 14.7 Å². The number of carbonyl (C=O) groups is 1. The van der Waals surface area contributed by atoms with Crippen molar-refractivity contribution in [3.63, 3.8) is 0 Å². The third kappa shape index (κ3) is 5.01. The first-order valence-electron chi connectivity index (χ1n) is 10.3. The summed E-state index contributed by atoms with van der Waals surface area (Å²) in [6.45, 7) is 3.11. The Morgan fingerprint density at radius 1 is 1.12 bits per heavy atom. The summed E-state index contributed by atoms with van der Waals surface area (Å²) < 4.78 is 5.24. The second-order valence-electron chi connectivity index (χ2n) is 7.35. The fourth-order valence-corrected chi connectivity index (χ4v) is 3.53. The molecule has 33 heavy (non-hydrogen) atoms. The van der Waals surface area contributed by atoms with E-state index in [4.69, 9.17) is 4.74 Å². The van der Waals surface area contributed by atoms with Gasteiger partial charge in [-0.15, -0.1) is 10.2 Å². The van der Waals surface area contributed by atoms with E-state index >= 15 is 0 Å². The van der Waals surface area contributed by atoms with E-state index in [1.165, 1.54) is 6.20 Å². The molecule has 0 radical (unpaired) electrons. The Kier molecular flexibility index (Phi) is 6.65. The first-order valence-corrected chi connectivity index (χ1v) is 10.3. The lowest BCUT2D eigenvalue weighted by molar-refractivity contribution is 0.0696. The Balaban J connectivity index is 1.63. The summed E-state index contributed by atoms with van der Waals surface area (Å²) in [5.74, 6) is 0.339. The molecule has 0 spiro atoms. The highest BCUT2D eigenvalue weighted by Crippen LogP contribution is 2.30. The second-order valence-corrected chi connectivity index (χ2v) is 7.35. The number of aromatic nitrogens is 6. The molecule has 0 aliphatic rings. The maximum atomic E-state index is 11.7. The average molecular weight is 445 g/mol. The van der Waals surface area contributed by atoms with E-state index in [0.29, 0.717) is 37.2 Å². The predicted octanol–water partition coefficient (Wildman–Crippen LogP) is 2.98. The van der Waals surface area contributed by atoms with E-state index < -0.39 is 5.97 Å². The lowest BCUT2D eigenvalue weighted by atomic mass is 9.98. The number of hydrogen-bond acceptors (Lipinski definition) is 8. The van der Waals surface area contributed by atoms with Gasteiger partial charge in [-0.25, -0.2) is 14.8 Å². The fourth-order valence-electron chi connectivity index (χ4n) is 3.53. The maximum Gasteiger partial charge on any atom is 0.341 e. The van der Waals surface area contributed by atoms with Crippen LogP contribution in [0.1, 0.15) is 21.7 Å². The SMILES string of the molecule is COCCN(Cc1ccc(-c2ccccc2-c2nn[nH]n2)cc1)c1nc(C)ncc1C(=O)O. The largest absolute Gasteiger partial charge is 0.477 e. The van der Waals surface area contributed by atoms with Gasteiger partial charge >= 0.3 is 5.97 Å². The van der Waals surface area contributed by atoms with Gasteiger partial charge in [0.15, 0.2) is 0 Å². The Morgan fingerprint density at radius 2 is 1.88 bits per heavy atom. The Labute approximate surface area is 190 Å². The smallest absolute Gasteiger partial charge is 0.341 e. The number of nitrogens with zero attached hydrogens (tertiary/aromatic N) is 6. The molecule has 0 saturated carbocycles. The lowest BCUT2D eigenvalue weighted by Gasteiger charge is -2.25. The number of hydrogen-bond donors (Lipinski definition) is 2. The van der Waals surface area contributed by atoms with Crippen LogP contribution in [0.2, 0.25) is 0 Å². The van der Waals surface area contributed by atoms with Gasteiger partial charge in [-0.3, -0.25) is 0 Å². The standard InChI is InChI=1S/C23H23N7O3/c1-15-24-13-20(23(31)32)22(25-15)30(11-12-33-2)14-16-7-9-17(10-8-16)18-5-3-4-6-19(18)21-26-28-29-27-21/h3-10,13H,11-12,14H2,1-2H3,(H,31,32)(H,26,27,28,29). The van der Waals surface area contributed by atoms with Crippen molar-refractivity contribution in [2.24, 2.45) is 0 Å². The molecular weight excluding hydrogens is 422 g/mol. The number of rotatable bonds is 9. The molecule has 10 nitrogen and oxygen atoms in total. The number of ether oxygens (including phenoxy) is 1. The van der Waals surface area contributed by atoms with E-state index in [0.717, 1.165) is 22.3 Å². The van der Waals surface area contributed by atoms with E-state index in [-0.39, 0.29) is 5.56 Å². The highest BCUT2D eigenvalue weighted by molar-refractivity contribution is 5.93. The normalized spacial score (nSPS) is 10.8. The molecule has 2 aromatic heterocycles. The maximum absolute atomic E-state index is 11.7. The zero-order valence-electron chi connectivity index (χ0n) is 18.3. The highest BCUT2D eigenvalue weighted by atomic mass is 16.5. The van der Waals surface area contributed by atoms with Crippen LogP contribution in [0.4, 0.5) is 5.82 Å². The second kappa shape index (κ2) is 9.96. The van der Waals surface area contributed by atoms with E-state index in [1.54, 1.807) is 14.0 Å². The number of benzene rings is 2. The van der Waals surface area contributed by atoms with Gasteiger partial charge in [-0.2, -0.15) is 5.21 Å². The molecule has 0 bridgehead atoms. The van der Waals surface area contributed by atoms with Crippen molar-refractivity contribution < 1.29 is 14.6 Å². The van der Waals surface area contributed by atoms with Crippen LogP contribution in [0.5, 0.6) is 0 Å². The van der Waals surface area contributed by atoms with Gasteiger partial charge in [0.25, 0.3) is 0 Å². The number of methoxy groups -OCH3 is 1. The van der Waals surface area contributed by atoms with Crippen LogP contribution in [0, 0.1) is 6.92 Å². The van der Waals surface area contributed by atoms with Crippen LogP contribution in [-0.2, 0) is 11.3 Å². The molecule has 0 atom stereocenters. The molecule has 0 aliphatic carbocycles. The van der Waals surface area contributed by atoms with E-state index in [2.05, 4.69) is 30.6 Å². The third-order valence-corrected chi connectivity index (χ3v) is 5.14. The molecule has 0 amide bonds. The molecule has 10 heteroatoms. The summed E-state index contributed by atoms with van der Waals surface area (Å²) in [5.41, 5.74) is 3.93. The van der Waals surface area contributed by atoms with Gasteiger partial charge in [-0.1, -0.05) is 48.5 Å². The van der Waals surface area contributed by atoms with Gasteiger partial charge in [0.2, 0.25) is 5.82 Å². The summed E-state index contributed by atoms with van der Waals surface area (Å²) >= 11 is 0. The number of anilines is 1. The number of aromatic carboxylic acids is 1. The molecule has 4 aromatic rings. The Bertz CT molecular complexity index is 1230. The van der Waals surface area contributed by atoms with Crippen LogP contribution >= 0.6 is 0 Å². The summed E-state index contributed by atoms with van der Waals surface area (Å²) in [7, 11) is 1.61. The fraction of sp³-hybridized carbons (Fsp3) is 0.217. The highest BCUT2D eigenvalue weighted by Gasteiger charge is 2.19. The average Bonchev–Trinajstić information content (AvgIpc) is 3.37. The number of carboxylic acids is 1. The van der Waals surface area contributed by atoms with Crippen molar-refractivity contribution in [1.82, 2.24) is 30.6 Å². The molecule has 2 N–H and O–H groups in total. The van der Waals surface area contributed by atoms with Crippen molar-refractivity contribution in [1.29, 1.82) is 0 Å². The Morgan fingerprint density at radius 3 is 2.55 bits per heavy atom. The summed E-state index contributed by atoms with van der Waals surface area (Å²) in [6.07, 6.45) is 1.35. The van der Waals surface area contributed by atoms with Crippen LogP contribution in [0.25, 0.3) is 22.5 Å². The molecule has 0 saturated heterocycles. The minimum Gasteiger partial charge on any atom is -0.477 e. The summed E-state index contributed by atoms with van der Waals surface area (Å²) in [6, 6.07) is 15.9. The minimum atomic E-state index is -1.07. The van der Waals surface area contributed by atoms with Crippen LogP contribution in [0.15, 0.2) is 54.7 Å². The van der Waals surface area contributed by atoms with Crippen molar-refractivity contribution in [2.75, 3.05) is 25.2 Å². The van der Waals surface area contributed by atoms with Crippen molar-refractivity contribution in [2.45, 2.75) is 13.5 Å². The predicted molar refractivity (Wildman–Crippen MR) is 122 cm³/mol. The van der Waals surface area contributed by atoms with Gasteiger partial charge in [0.05, 0.1) is 6.61 Å². The topological polar surface area (TPSA) is 130 Å². The molecule has 0 unspecified atom stereocenters. The van der Waals surface area contributed by atoms with Gasteiger partial charge in [0.1, 0.15) is 17.2 Å². The molecule has 168 valence electrons. The summed E-state index contributed by atoms with van der Waals surface area (Å²) in [4.78, 5) is 22.1. The van der Waals surface area contributed by atoms with Crippen LogP contribution in [-0.4, -0.2) is 61.9 Å². The molecule has 0 fully saturated rings. The zero-order chi connectivity index (χ0) is 23.2. The monoisotopic (exact) mass is 445 g/mol. The summed E-state index contributed by atoms with van der Waals surface area (Å²) in [5, 5.41) is 23.9. The van der Waals surface area contributed by atoms with Crippen molar-refractivity contribution >= 4 is 11.8 Å². The molecule has 0 aliphatic heterocycles. The first-order chi connectivity index (χ1) is 16.1. The Hall–Kier alpha value is -4.18. The number of nitrogens with one attached hydrogen (secondary N) is 1. The lowest BCUT2D eigenvalue weighted by Crippen LogP contribution is -2.29. The molecule has 2 aromatic carbocycles. The number of aromatic amines is 1. The third-order valence-electron chi connectivity index (χ3n) is 5.14. The van der Waals surface area contributed by atoms with Crippen molar-refractivity contribution in [3.05, 3.63) is 71.7 Å². The number of tetrazole rings is 1. The quantitative estimate of drug-likeness (QED) is 0.399. The van der Waals surface area contributed by atoms with Crippen molar-refractivity contribution in [3.8, 4) is 22.5 Å². The van der Waals surface area contributed by atoms with E-state index in [1.807, 2.05) is 53.4 Å². The van der Waals surface area contributed by atoms with E-state index in [9.17, 15) is 9.90 Å². The number of aryl methyl sites for hydroxylation is 1. The molecule has 2 heterocycles. The molecule has 4 rings (SSSR count).